The zero-order valence-corrected chi connectivity index (χ0v) is 11.9. The summed E-state index contributed by atoms with van der Waals surface area (Å²) >= 11 is 0. The van der Waals surface area contributed by atoms with Gasteiger partial charge in [-0.2, -0.15) is 0 Å². The van der Waals surface area contributed by atoms with Crippen molar-refractivity contribution in [3.63, 3.8) is 0 Å². The molecule has 0 saturated carbocycles. The molecule has 0 aliphatic carbocycles. The molecule has 0 heterocycles. The van der Waals surface area contributed by atoms with Crippen molar-refractivity contribution in [2.24, 2.45) is 16.5 Å². The van der Waals surface area contributed by atoms with Gasteiger partial charge in [-0.3, -0.25) is 0 Å². The second-order valence-electron chi connectivity index (χ2n) is 4.59. The molecular formula is C12H20N4O2S. The average Bonchev–Trinajstić information content (AvgIpc) is 2.25. The Morgan fingerprint density at radius 2 is 1.74 bits per heavy atom. The van der Waals surface area contributed by atoms with Gasteiger partial charge < -0.3 is 11.5 Å². The second-order valence-corrected chi connectivity index (χ2v) is 6.34. The standard InChI is InChI=1S/C12H20N4O2S/c1-9(2)16-19(17,18)8-11-5-3-10(4-6-11)7-15-12(13)14/h3-6,9,16H,7-8H2,1-2H3,(H4,13,14,15). The summed E-state index contributed by atoms with van der Waals surface area (Å²) in [6, 6.07) is 7.04. The Kier molecular flexibility index (Phi) is 5.31. The molecule has 1 rings (SSSR count). The molecule has 0 bridgehead atoms. The van der Waals surface area contributed by atoms with Crippen LogP contribution in [0.4, 0.5) is 0 Å². The Morgan fingerprint density at radius 1 is 1.21 bits per heavy atom. The lowest BCUT2D eigenvalue weighted by molar-refractivity contribution is 0.569. The molecule has 6 nitrogen and oxygen atoms in total. The van der Waals surface area contributed by atoms with E-state index in [-0.39, 0.29) is 17.8 Å². The molecule has 0 atom stereocenters. The van der Waals surface area contributed by atoms with E-state index in [0.717, 1.165) is 11.1 Å². The molecule has 0 aromatic heterocycles. The van der Waals surface area contributed by atoms with Gasteiger partial charge >= 0.3 is 0 Å². The molecular weight excluding hydrogens is 264 g/mol. The normalized spacial score (nSPS) is 11.5. The molecule has 1 aromatic rings. The third-order valence-electron chi connectivity index (χ3n) is 2.24. The van der Waals surface area contributed by atoms with Crippen molar-refractivity contribution in [1.82, 2.24) is 4.72 Å². The third kappa shape index (κ3) is 6.21. The highest BCUT2D eigenvalue weighted by Gasteiger charge is 2.12. The minimum absolute atomic E-state index is 0.0340. The van der Waals surface area contributed by atoms with Gasteiger partial charge in [-0.1, -0.05) is 24.3 Å². The summed E-state index contributed by atoms with van der Waals surface area (Å²) < 4.78 is 26.0. The van der Waals surface area contributed by atoms with Gasteiger partial charge in [-0.25, -0.2) is 18.1 Å². The number of hydrogen-bond donors (Lipinski definition) is 3. The summed E-state index contributed by atoms with van der Waals surface area (Å²) in [5.74, 6) is 0.00102. The van der Waals surface area contributed by atoms with Crippen molar-refractivity contribution in [2.45, 2.75) is 32.2 Å². The van der Waals surface area contributed by atoms with Crippen LogP contribution in [0.15, 0.2) is 29.3 Å². The molecule has 0 saturated heterocycles. The van der Waals surface area contributed by atoms with E-state index in [1.54, 1.807) is 26.0 Å². The van der Waals surface area contributed by atoms with E-state index in [2.05, 4.69) is 9.71 Å². The van der Waals surface area contributed by atoms with E-state index in [4.69, 9.17) is 11.5 Å². The fourth-order valence-electron chi connectivity index (χ4n) is 1.54. The Morgan fingerprint density at radius 3 is 2.21 bits per heavy atom. The third-order valence-corrected chi connectivity index (χ3v) is 3.78. The number of sulfonamides is 1. The van der Waals surface area contributed by atoms with Crippen molar-refractivity contribution in [3.8, 4) is 0 Å². The van der Waals surface area contributed by atoms with Crippen molar-refractivity contribution >= 4 is 16.0 Å². The maximum atomic E-state index is 11.7. The quantitative estimate of drug-likeness (QED) is 0.515. The summed E-state index contributed by atoms with van der Waals surface area (Å²) in [6.45, 7) is 3.96. The van der Waals surface area contributed by atoms with E-state index in [1.807, 2.05) is 12.1 Å². The second kappa shape index (κ2) is 6.53. The maximum Gasteiger partial charge on any atom is 0.216 e. The largest absolute Gasteiger partial charge is 0.370 e. The number of rotatable bonds is 6. The van der Waals surface area contributed by atoms with Crippen LogP contribution >= 0.6 is 0 Å². The van der Waals surface area contributed by atoms with Crippen LogP contribution in [-0.2, 0) is 22.3 Å². The van der Waals surface area contributed by atoms with Crippen LogP contribution in [0, 0.1) is 0 Å². The highest BCUT2D eigenvalue weighted by atomic mass is 32.2. The summed E-state index contributed by atoms with van der Waals surface area (Å²) in [6.07, 6.45) is 0. The summed E-state index contributed by atoms with van der Waals surface area (Å²) in [4.78, 5) is 3.88. The first-order valence-electron chi connectivity index (χ1n) is 5.92. The van der Waals surface area contributed by atoms with Crippen molar-refractivity contribution in [3.05, 3.63) is 35.4 Å². The molecule has 0 radical (unpaired) electrons. The molecule has 7 heteroatoms. The molecule has 0 aliphatic rings. The van der Waals surface area contributed by atoms with Crippen LogP contribution in [0.3, 0.4) is 0 Å². The highest BCUT2D eigenvalue weighted by molar-refractivity contribution is 7.88. The van der Waals surface area contributed by atoms with E-state index in [9.17, 15) is 8.42 Å². The molecule has 5 N–H and O–H groups in total. The lowest BCUT2D eigenvalue weighted by Crippen LogP contribution is -2.31. The number of benzene rings is 1. The molecule has 1 aromatic carbocycles. The van der Waals surface area contributed by atoms with E-state index >= 15 is 0 Å². The number of hydrogen-bond acceptors (Lipinski definition) is 3. The molecule has 0 amide bonds. The average molecular weight is 284 g/mol. The van der Waals surface area contributed by atoms with Gasteiger partial charge in [0.1, 0.15) is 0 Å². The number of guanidine groups is 1. The maximum absolute atomic E-state index is 11.7. The molecule has 19 heavy (non-hydrogen) atoms. The lowest BCUT2D eigenvalue weighted by Gasteiger charge is -2.09. The van der Waals surface area contributed by atoms with Crippen molar-refractivity contribution in [1.29, 1.82) is 0 Å². The summed E-state index contributed by atoms with van der Waals surface area (Å²) in [7, 11) is -3.29. The topological polar surface area (TPSA) is 111 Å². The molecule has 0 aliphatic heterocycles. The van der Waals surface area contributed by atoms with Crippen LogP contribution in [-0.4, -0.2) is 20.4 Å². The fraction of sp³-hybridized carbons (Fsp3) is 0.417. The van der Waals surface area contributed by atoms with Crippen molar-refractivity contribution < 1.29 is 8.42 Å². The number of nitrogens with one attached hydrogen (secondary N) is 1. The minimum Gasteiger partial charge on any atom is -0.370 e. The monoisotopic (exact) mass is 284 g/mol. The van der Waals surface area contributed by atoms with Gasteiger partial charge in [0.2, 0.25) is 10.0 Å². The van der Waals surface area contributed by atoms with Crippen LogP contribution < -0.4 is 16.2 Å². The number of nitrogens with two attached hydrogens (primary N) is 2. The Balaban J connectivity index is 2.69. The summed E-state index contributed by atoms with van der Waals surface area (Å²) in [5, 5.41) is 0. The predicted octanol–water partition coefficient (Wildman–Crippen LogP) is 0.288. The first kappa shape index (κ1) is 15.5. The van der Waals surface area contributed by atoms with Gasteiger partial charge in [-0.15, -0.1) is 0 Å². The molecule has 0 unspecified atom stereocenters. The first-order valence-corrected chi connectivity index (χ1v) is 7.57. The zero-order valence-electron chi connectivity index (χ0n) is 11.1. The highest BCUT2D eigenvalue weighted by Crippen LogP contribution is 2.09. The van der Waals surface area contributed by atoms with Crippen molar-refractivity contribution in [2.75, 3.05) is 0 Å². The Labute approximate surface area is 114 Å². The minimum atomic E-state index is -3.29. The van der Waals surface area contributed by atoms with Gasteiger partial charge in [0, 0.05) is 6.04 Å². The fourth-order valence-corrected chi connectivity index (χ4v) is 2.98. The molecule has 106 valence electrons. The van der Waals surface area contributed by atoms with Gasteiger partial charge in [0.15, 0.2) is 5.96 Å². The summed E-state index contributed by atoms with van der Waals surface area (Å²) in [5.41, 5.74) is 12.1. The lowest BCUT2D eigenvalue weighted by atomic mass is 10.1. The van der Waals surface area contributed by atoms with Gasteiger partial charge in [0.25, 0.3) is 0 Å². The molecule has 0 spiro atoms. The van der Waals surface area contributed by atoms with Crippen LogP contribution in [0.1, 0.15) is 25.0 Å². The van der Waals surface area contributed by atoms with Crippen LogP contribution in [0.25, 0.3) is 0 Å². The van der Waals surface area contributed by atoms with E-state index in [0.29, 0.717) is 6.54 Å². The number of nitrogens with zero attached hydrogens (tertiary/aromatic N) is 1. The van der Waals surface area contributed by atoms with E-state index < -0.39 is 10.0 Å². The molecule has 0 fully saturated rings. The Hall–Kier alpha value is -1.60. The van der Waals surface area contributed by atoms with Crippen LogP contribution in [0.2, 0.25) is 0 Å². The van der Waals surface area contributed by atoms with Crippen LogP contribution in [0.5, 0.6) is 0 Å². The zero-order chi connectivity index (χ0) is 14.5. The predicted molar refractivity (Wildman–Crippen MR) is 76.9 cm³/mol. The SMILES string of the molecule is CC(C)NS(=O)(=O)Cc1ccc(CN=C(N)N)cc1. The first-order chi connectivity index (χ1) is 8.78. The Bertz CT molecular complexity index is 531. The smallest absolute Gasteiger partial charge is 0.216 e. The van der Waals surface area contributed by atoms with Gasteiger partial charge in [-0.05, 0) is 25.0 Å². The van der Waals surface area contributed by atoms with Gasteiger partial charge in [0.05, 0.1) is 12.3 Å². The van der Waals surface area contributed by atoms with E-state index in [1.165, 1.54) is 0 Å². The number of aliphatic imine (C=N–C) groups is 1.